The van der Waals surface area contributed by atoms with Gasteiger partial charge in [-0.25, -0.2) is 0 Å². The molecule has 0 bridgehead atoms. The van der Waals surface area contributed by atoms with Crippen LogP contribution >= 0.6 is 0 Å². The SMILES string of the molecule is COc1ccc2c(c1)[C@@]1(CCN(C(=O)c3ccc(OC)c(OC)c3)C1)C(=O)N2. The molecule has 0 saturated carbocycles. The highest BCUT2D eigenvalue weighted by atomic mass is 16.5. The van der Waals surface area contributed by atoms with Gasteiger partial charge in [-0.1, -0.05) is 0 Å². The molecule has 7 heteroatoms. The largest absolute Gasteiger partial charge is 0.497 e. The average molecular weight is 382 g/mol. The fourth-order valence-electron chi connectivity index (χ4n) is 4.06. The summed E-state index contributed by atoms with van der Waals surface area (Å²) in [5.41, 5.74) is 1.43. The molecule has 2 aliphatic rings. The van der Waals surface area contributed by atoms with Gasteiger partial charge in [-0.15, -0.1) is 0 Å². The molecule has 2 aliphatic heterocycles. The van der Waals surface area contributed by atoms with Crippen LogP contribution in [0.5, 0.6) is 17.2 Å². The molecule has 28 heavy (non-hydrogen) atoms. The molecule has 0 aliphatic carbocycles. The lowest BCUT2D eigenvalue weighted by molar-refractivity contribution is -0.120. The second-order valence-corrected chi connectivity index (χ2v) is 6.99. The lowest BCUT2D eigenvalue weighted by Crippen LogP contribution is -2.39. The van der Waals surface area contributed by atoms with Crippen LogP contribution in [0.1, 0.15) is 22.3 Å². The molecule has 7 nitrogen and oxygen atoms in total. The molecule has 1 N–H and O–H groups in total. The maximum absolute atomic E-state index is 13.1. The van der Waals surface area contributed by atoms with Gasteiger partial charge in [-0.3, -0.25) is 9.59 Å². The third kappa shape index (κ3) is 2.66. The fourth-order valence-corrected chi connectivity index (χ4v) is 4.06. The van der Waals surface area contributed by atoms with Crippen molar-refractivity contribution >= 4 is 17.5 Å². The first-order chi connectivity index (χ1) is 13.5. The molecule has 146 valence electrons. The maximum Gasteiger partial charge on any atom is 0.254 e. The third-order valence-electron chi connectivity index (χ3n) is 5.61. The van der Waals surface area contributed by atoms with E-state index in [9.17, 15) is 9.59 Å². The molecule has 2 amide bonds. The minimum atomic E-state index is -0.740. The fraction of sp³-hybridized carbons (Fsp3) is 0.333. The summed E-state index contributed by atoms with van der Waals surface area (Å²) in [6, 6.07) is 10.6. The van der Waals surface area contributed by atoms with Gasteiger partial charge in [0, 0.05) is 24.3 Å². The number of carbonyl (C=O) groups is 2. The Hall–Kier alpha value is -3.22. The van der Waals surface area contributed by atoms with Crippen molar-refractivity contribution in [1.82, 2.24) is 4.90 Å². The number of ether oxygens (including phenoxy) is 3. The zero-order chi connectivity index (χ0) is 19.9. The van der Waals surface area contributed by atoms with E-state index in [0.717, 1.165) is 11.3 Å². The van der Waals surface area contributed by atoms with Crippen LogP contribution in [0.25, 0.3) is 0 Å². The first kappa shape index (κ1) is 18.2. The summed E-state index contributed by atoms with van der Waals surface area (Å²) in [5, 5.41) is 2.95. The van der Waals surface area contributed by atoms with Crippen molar-refractivity contribution in [1.29, 1.82) is 0 Å². The van der Waals surface area contributed by atoms with Crippen molar-refractivity contribution in [2.24, 2.45) is 0 Å². The van der Waals surface area contributed by atoms with Gasteiger partial charge < -0.3 is 24.4 Å². The zero-order valence-electron chi connectivity index (χ0n) is 16.1. The summed E-state index contributed by atoms with van der Waals surface area (Å²) >= 11 is 0. The van der Waals surface area contributed by atoms with E-state index in [-0.39, 0.29) is 11.8 Å². The maximum atomic E-state index is 13.1. The Morgan fingerprint density at radius 2 is 1.82 bits per heavy atom. The van der Waals surface area contributed by atoms with Crippen molar-refractivity contribution < 1.29 is 23.8 Å². The Bertz CT molecular complexity index is 958. The van der Waals surface area contributed by atoms with Crippen molar-refractivity contribution in [3.63, 3.8) is 0 Å². The van der Waals surface area contributed by atoms with Crippen LogP contribution in [0.2, 0.25) is 0 Å². The van der Waals surface area contributed by atoms with Gasteiger partial charge in [0.2, 0.25) is 5.91 Å². The van der Waals surface area contributed by atoms with E-state index in [0.29, 0.717) is 42.3 Å². The quantitative estimate of drug-likeness (QED) is 0.879. The summed E-state index contributed by atoms with van der Waals surface area (Å²) in [5.74, 6) is 1.55. The molecule has 1 saturated heterocycles. The van der Waals surface area contributed by atoms with Crippen LogP contribution < -0.4 is 19.5 Å². The van der Waals surface area contributed by atoms with Crippen LogP contribution in [-0.2, 0) is 10.2 Å². The van der Waals surface area contributed by atoms with E-state index in [1.807, 2.05) is 18.2 Å². The lowest BCUT2D eigenvalue weighted by atomic mass is 9.81. The van der Waals surface area contributed by atoms with Gasteiger partial charge in [-0.05, 0) is 48.4 Å². The molecular formula is C21H22N2O5. The molecule has 1 fully saturated rings. The number of methoxy groups -OCH3 is 3. The highest BCUT2D eigenvalue weighted by Gasteiger charge is 2.52. The highest BCUT2D eigenvalue weighted by molar-refractivity contribution is 6.07. The Labute approximate surface area is 163 Å². The van der Waals surface area contributed by atoms with Crippen LogP contribution in [0.4, 0.5) is 5.69 Å². The number of nitrogens with zero attached hydrogens (tertiary/aromatic N) is 1. The number of hydrogen-bond donors (Lipinski definition) is 1. The predicted molar refractivity (Wildman–Crippen MR) is 103 cm³/mol. The molecule has 0 radical (unpaired) electrons. The van der Waals surface area contributed by atoms with E-state index in [4.69, 9.17) is 14.2 Å². The van der Waals surface area contributed by atoms with Crippen LogP contribution in [0.15, 0.2) is 36.4 Å². The topological polar surface area (TPSA) is 77.1 Å². The monoisotopic (exact) mass is 382 g/mol. The molecule has 2 aromatic rings. The standard InChI is InChI=1S/C21H22N2O5/c1-26-14-5-6-16-15(11-14)21(20(25)22-16)8-9-23(12-21)19(24)13-4-7-17(27-2)18(10-13)28-3/h4-7,10-11H,8-9,12H2,1-3H3,(H,22,25)/t21-/m0/s1. The van der Waals surface area contributed by atoms with E-state index in [1.54, 1.807) is 37.3 Å². The average Bonchev–Trinajstić information content (AvgIpc) is 3.29. The summed E-state index contributed by atoms with van der Waals surface area (Å²) in [4.78, 5) is 27.6. The normalized spacial score (nSPS) is 20.1. The number of benzene rings is 2. The third-order valence-corrected chi connectivity index (χ3v) is 5.61. The van der Waals surface area contributed by atoms with Crippen LogP contribution in [0, 0.1) is 0 Å². The van der Waals surface area contributed by atoms with E-state index in [2.05, 4.69) is 5.32 Å². The smallest absolute Gasteiger partial charge is 0.254 e. The van der Waals surface area contributed by atoms with E-state index in [1.165, 1.54) is 7.11 Å². The number of fused-ring (bicyclic) bond motifs is 2. The number of rotatable bonds is 4. The molecule has 2 aromatic carbocycles. The van der Waals surface area contributed by atoms with Gasteiger partial charge in [0.15, 0.2) is 11.5 Å². The Morgan fingerprint density at radius 1 is 1.04 bits per heavy atom. The van der Waals surface area contributed by atoms with E-state index >= 15 is 0 Å². The summed E-state index contributed by atoms with van der Waals surface area (Å²) in [6.45, 7) is 0.823. The predicted octanol–water partition coefficient (Wildman–Crippen LogP) is 2.45. The minimum absolute atomic E-state index is 0.0710. The molecular weight excluding hydrogens is 360 g/mol. The van der Waals surface area contributed by atoms with Crippen molar-refractivity contribution in [3.8, 4) is 17.2 Å². The first-order valence-electron chi connectivity index (χ1n) is 9.03. The number of carbonyl (C=O) groups excluding carboxylic acids is 2. The second-order valence-electron chi connectivity index (χ2n) is 6.99. The number of hydrogen-bond acceptors (Lipinski definition) is 5. The molecule has 0 unspecified atom stereocenters. The van der Waals surface area contributed by atoms with Gasteiger partial charge in [0.05, 0.1) is 26.7 Å². The van der Waals surface area contributed by atoms with Gasteiger partial charge in [-0.2, -0.15) is 0 Å². The van der Waals surface area contributed by atoms with Crippen LogP contribution in [-0.4, -0.2) is 51.1 Å². The van der Waals surface area contributed by atoms with Gasteiger partial charge in [0.1, 0.15) is 5.75 Å². The Kier molecular flexibility index (Phi) is 4.37. The van der Waals surface area contributed by atoms with Crippen molar-refractivity contribution in [2.45, 2.75) is 11.8 Å². The highest BCUT2D eigenvalue weighted by Crippen LogP contribution is 2.45. The number of nitrogens with one attached hydrogen (secondary N) is 1. The molecule has 2 heterocycles. The van der Waals surface area contributed by atoms with Gasteiger partial charge in [0.25, 0.3) is 5.91 Å². The Balaban J connectivity index is 1.63. The second kappa shape index (κ2) is 6.74. The lowest BCUT2D eigenvalue weighted by Gasteiger charge is -2.23. The molecule has 1 atom stereocenters. The minimum Gasteiger partial charge on any atom is -0.497 e. The Morgan fingerprint density at radius 3 is 2.54 bits per heavy atom. The number of amides is 2. The zero-order valence-corrected chi connectivity index (χ0v) is 16.1. The van der Waals surface area contributed by atoms with Gasteiger partial charge >= 0.3 is 0 Å². The summed E-state index contributed by atoms with van der Waals surface area (Å²) < 4.78 is 15.9. The van der Waals surface area contributed by atoms with E-state index < -0.39 is 5.41 Å². The molecule has 1 spiro atoms. The number of anilines is 1. The summed E-state index contributed by atoms with van der Waals surface area (Å²) in [7, 11) is 4.68. The van der Waals surface area contributed by atoms with Crippen LogP contribution in [0.3, 0.4) is 0 Å². The molecule has 4 rings (SSSR count). The van der Waals surface area contributed by atoms with Crippen molar-refractivity contribution in [2.75, 3.05) is 39.7 Å². The molecule has 0 aromatic heterocycles. The first-order valence-corrected chi connectivity index (χ1v) is 9.03. The van der Waals surface area contributed by atoms with Crippen molar-refractivity contribution in [3.05, 3.63) is 47.5 Å². The number of likely N-dealkylation sites (tertiary alicyclic amines) is 1. The summed E-state index contributed by atoms with van der Waals surface area (Å²) in [6.07, 6.45) is 0.567.